The van der Waals surface area contributed by atoms with Crippen molar-refractivity contribution in [3.63, 3.8) is 0 Å². The van der Waals surface area contributed by atoms with Crippen molar-refractivity contribution in [1.82, 2.24) is 10.2 Å². The minimum absolute atomic E-state index is 0.0365. The normalized spacial score (nSPS) is 15.5. The number of ether oxygens (including phenoxy) is 1. The first-order valence-electron chi connectivity index (χ1n) is 9.00. The van der Waals surface area contributed by atoms with Crippen LogP contribution in [0.4, 0.5) is 4.39 Å². The summed E-state index contributed by atoms with van der Waals surface area (Å²) in [7, 11) is 0. The first kappa shape index (κ1) is 17.7. The highest BCUT2D eigenvalue weighted by atomic mass is 19.1. The number of fused-ring (bicyclic) bond motifs is 3. The van der Waals surface area contributed by atoms with Crippen LogP contribution in [0.5, 0.6) is 5.75 Å². The van der Waals surface area contributed by atoms with E-state index in [1.165, 1.54) is 12.1 Å². The summed E-state index contributed by atoms with van der Waals surface area (Å²) in [5.74, 6) is -1.66. The van der Waals surface area contributed by atoms with E-state index in [1.54, 1.807) is 42.7 Å². The maximum Gasteiger partial charge on any atom is 0.344 e. The maximum absolute atomic E-state index is 15.2. The number of aromatic amines is 1. The van der Waals surface area contributed by atoms with E-state index in [0.29, 0.717) is 22.1 Å². The second-order valence-electron chi connectivity index (χ2n) is 6.78. The lowest BCUT2D eigenvalue weighted by Crippen LogP contribution is -2.26. The van der Waals surface area contributed by atoms with Gasteiger partial charge in [-0.05, 0) is 23.8 Å². The van der Waals surface area contributed by atoms with Gasteiger partial charge in [-0.15, -0.1) is 0 Å². The molecular weight excluding hydrogens is 387 g/mol. The zero-order chi connectivity index (χ0) is 20.8. The fraction of sp³-hybridized carbons (Fsp3) is 0.0455. The van der Waals surface area contributed by atoms with Crippen LogP contribution in [-0.4, -0.2) is 10.2 Å². The minimum Gasteiger partial charge on any atom is -0.439 e. The monoisotopic (exact) mass is 400 g/mol. The van der Waals surface area contributed by atoms with E-state index in [9.17, 15) is 10.1 Å². The fourth-order valence-corrected chi connectivity index (χ4v) is 3.73. The number of nitrogens with zero attached hydrogens (tertiary/aromatic N) is 2. The van der Waals surface area contributed by atoms with Gasteiger partial charge in [0.15, 0.2) is 5.75 Å². The van der Waals surface area contributed by atoms with Gasteiger partial charge in [-0.2, -0.15) is 10.4 Å². The molecule has 1 atom stereocenters. The maximum atomic E-state index is 15.2. The van der Waals surface area contributed by atoms with Gasteiger partial charge in [0.2, 0.25) is 5.88 Å². The number of nitrogens with two attached hydrogens (primary N) is 1. The van der Waals surface area contributed by atoms with Gasteiger partial charge < -0.3 is 14.9 Å². The molecule has 3 heterocycles. The zero-order valence-electron chi connectivity index (χ0n) is 15.3. The quantitative estimate of drug-likeness (QED) is 0.497. The molecule has 146 valence electrons. The molecule has 5 rings (SSSR count). The Morgan fingerprint density at radius 2 is 2.03 bits per heavy atom. The number of hydrogen-bond acceptors (Lipinski definition) is 6. The molecule has 1 aliphatic rings. The fourth-order valence-electron chi connectivity index (χ4n) is 3.73. The minimum atomic E-state index is -1.06. The van der Waals surface area contributed by atoms with Crippen LogP contribution in [-0.2, 0) is 0 Å². The average molecular weight is 400 g/mol. The van der Waals surface area contributed by atoms with E-state index < -0.39 is 17.4 Å². The molecule has 8 heteroatoms. The Hall–Kier alpha value is -4.38. The molecule has 0 saturated carbocycles. The molecule has 0 saturated heterocycles. The van der Waals surface area contributed by atoms with Crippen LogP contribution in [0.25, 0.3) is 22.1 Å². The van der Waals surface area contributed by atoms with Crippen molar-refractivity contribution in [2.24, 2.45) is 5.73 Å². The summed E-state index contributed by atoms with van der Waals surface area (Å²) in [5, 5.41) is 16.7. The summed E-state index contributed by atoms with van der Waals surface area (Å²) in [6.07, 6.45) is 3.20. The molecule has 1 unspecified atom stereocenters. The highest BCUT2D eigenvalue weighted by molar-refractivity contribution is 5.86. The lowest BCUT2D eigenvalue weighted by molar-refractivity contribution is 0.387. The van der Waals surface area contributed by atoms with Crippen LogP contribution in [0.2, 0.25) is 0 Å². The van der Waals surface area contributed by atoms with Gasteiger partial charge in [0.1, 0.15) is 23.0 Å². The smallest absolute Gasteiger partial charge is 0.344 e. The number of hydrogen-bond donors (Lipinski definition) is 2. The SMILES string of the molecule is N#CC1=C(N)Oc2c(c(=O)oc3ccccc23)C1c1ccc(-c2cn[nH]c2)cc1F. The number of halogens is 1. The van der Waals surface area contributed by atoms with Crippen LogP contribution >= 0.6 is 0 Å². The highest BCUT2D eigenvalue weighted by Gasteiger charge is 2.36. The second kappa shape index (κ2) is 6.60. The van der Waals surface area contributed by atoms with Gasteiger partial charge >= 0.3 is 5.63 Å². The van der Waals surface area contributed by atoms with Crippen LogP contribution in [0, 0.1) is 17.1 Å². The number of nitrogens with one attached hydrogen (secondary N) is 1. The summed E-state index contributed by atoms with van der Waals surface area (Å²) in [5.41, 5.74) is 6.99. The van der Waals surface area contributed by atoms with Crippen LogP contribution in [0.1, 0.15) is 17.0 Å². The standard InChI is InChI=1S/C22H13FN4O3/c23-16-7-11(12-9-26-27-10-12)5-6-13(16)18-15(8-24)21(25)30-20-14-3-1-2-4-17(14)29-22(28)19(18)20/h1-7,9-10,18H,25H2,(H,26,27). The second-order valence-corrected chi connectivity index (χ2v) is 6.78. The molecule has 0 fully saturated rings. The van der Waals surface area contributed by atoms with Gasteiger partial charge in [0.25, 0.3) is 0 Å². The summed E-state index contributed by atoms with van der Waals surface area (Å²) in [6, 6.07) is 13.3. The molecule has 3 N–H and O–H groups in total. The van der Waals surface area contributed by atoms with Crippen molar-refractivity contribution >= 4 is 11.0 Å². The number of benzene rings is 2. The largest absolute Gasteiger partial charge is 0.439 e. The number of H-pyrrole nitrogens is 1. The zero-order valence-corrected chi connectivity index (χ0v) is 15.3. The molecule has 4 aromatic rings. The molecule has 1 aliphatic heterocycles. The Bertz CT molecular complexity index is 1430. The van der Waals surface area contributed by atoms with E-state index in [-0.39, 0.29) is 28.3 Å². The molecule has 7 nitrogen and oxygen atoms in total. The van der Waals surface area contributed by atoms with Crippen LogP contribution in [0.15, 0.2) is 75.5 Å². The molecule has 0 bridgehead atoms. The highest BCUT2D eigenvalue weighted by Crippen LogP contribution is 2.44. The van der Waals surface area contributed by atoms with Crippen molar-refractivity contribution in [3.8, 4) is 22.9 Å². The van der Waals surface area contributed by atoms with Crippen molar-refractivity contribution in [2.75, 3.05) is 0 Å². The number of nitriles is 1. The van der Waals surface area contributed by atoms with Crippen molar-refractivity contribution in [3.05, 3.63) is 93.7 Å². The van der Waals surface area contributed by atoms with Crippen molar-refractivity contribution in [1.29, 1.82) is 5.26 Å². The van der Waals surface area contributed by atoms with E-state index >= 15 is 4.39 Å². The number of rotatable bonds is 2. The van der Waals surface area contributed by atoms with Gasteiger partial charge in [-0.25, -0.2) is 9.18 Å². The van der Waals surface area contributed by atoms with E-state index in [1.807, 2.05) is 6.07 Å². The predicted octanol–water partition coefficient (Wildman–Crippen LogP) is 3.54. The summed E-state index contributed by atoms with van der Waals surface area (Å²) >= 11 is 0. The lowest BCUT2D eigenvalue weighted by Gasteiger charge is -2.26. The van der Waals surface area contributed by atoms with Gasteiger partial charge in [-0.3, -0.25) is 5.10 Å². The Morgan fingerprint density at radius 3 is 2.77 bits per heavy atom. The number of aromatic nitrogens is 2. The van der Waals surface area contributed by atoms with E-state index in [4.69, 9.17) is 14.9 Å². The lowest BCUT2D eigenvalue weighted by atomic mass is 9.83. The van der Waals surface area contributed by atoms with E-state index in [2.05, 4.69) is 10.2 Å². The molecule has 0 radical (unpaired) electrons. The summed E-state index contributed by atoms with van der Waals surface area (Å²) in [6.45, 7) is 0. The molecule has 2 aromatic heterocycles. The molecule has 0 spiro atoms. The molecular formula is C22H13FN4O3. The third-order valence-electron chi connectivity index (χ3n) is 5.12. The Kier molecular flexibility index (Phi) is 3.89. The number of para-hydroxylation sites is 1. The summed E-state index contributed by atoms with van der Waals surface area (Å²) < 4.78 is 26.3. The third-order valence-corrected chi connectivity index (χ3v) is 5.12. The Labute approximate surface area is 168 Å². The van der Waals surface area contributed by atoms with Gasteiger partial charge in [-0.1, -0.05) is 24.3 Å². The Morgan fingerprint density at radius 1 is 1.20 bits per heavy atom. The van der Waals surface area contributed by atoms with Gasteiger partial charge in [0.05, 0.1) is 23.1 Å². The van der Waals surface area contributed by atoms with Crippen LogP contribution in [0.3, 0.4) is 0 Å². The molecule has 0 amide bonds. The average Bonchev–Trinajstić information content (AvgIpc) is 3.28. The molecule has 0 aliphatic carbocycles. The third kappa shape index (κ3) is 2.57. The first-order valence-corrected chi connectivity index (χ1v) is 9.00. The van der Waals surface area contributed by atoms with E-state index in [0.717, 1.165) is 0 Å². The first-order chi connectivity index (χ1) is 14.6. The molecule has 30 heavy (non-hydrogen) atoms. The van der Waals surface area contributed by atoms with Crippen LogP contribution < -0.4 is 16.1 Å². The number of allylic oxidation sites excluding steroid dienone is 1. The Balaban J connectivity index is 1.77. The van der Waals surface area contributed by atoms with Crippen molar-refractivity contribution < 1.29 is 13.5 Å². The predicted molar refractivity (Wildman–Crippen MR) is 106 cm³/mol. The van der Waals surface area contributed by atoms with Gasteiger partial charge in [0, 0.05) is 17.3 Å². The van der Waals surface area contributed by atoms with Crippen molar-refractivity contribution in [2.45, 2.75) is 5.92 Å². The molecule has 2 aromatic carbocycles. The topological polar surface area (TPSA) is 118 Å². The summed E-state index contributed by atoms with van der Waals surface area (Å²) in [4.78, 5) is 12.8.